The SMILES string of the molecule is COCn1nc(Br)nc1NCCNC(=O)CC(C1=C(O)C2(Oc3c(Cl)c(OC)cc(OC)c3C2=O)C(C)CC1=O)c1ccc(SC)cc1. The number of carbonyl (C=O) groups is 3. The average molecular weight is 765 g/mol. The molecule has 1 aliphatic heterocycles. The molecule has 1 aliphatic carbocycles. The summed E-state index contributed by atoms with van der Waals surface area (Å²) >= 11 is 11.4. The zero-order chi connectivity index (χ0) is 34.7. The van der Waals surface area contributed by atoms with E-state index in [4.69, 9.17) is 30.5 Å². The number of hydrogen-bond acceptors (Lipinski definition) is 12. The lowest BCUT2D eigenvalue weighted by molar-refractivity contribution is -0.121. The number of allylic oxidation sites excluding steroid dienone is 1. The lowest BCUT2D eigenvalue weighted by Crippen LogP contribution is -2.53. The fourth-order valence-electron chi connectivity index (χ4n) is 6.05. The number of aliphatic hydroxyl groups excluding tert-OH is 1. The second-order valence-corrected chi connectivity index (χ2v) is 13.2. The first kappa shape index (κ1) is 35.5. The van der Waals surface area contributed by atoms with E-state index in [0.29, 0.717) is 22.8 Å². The van der Waals surface area contributed by atoms with Crippen LogP contribution in [0.3, 0.4) is 0 Å². The van der Waals surface area contributed by atoms with E-state index in [0.717, 1.165) is 4.90 Å². The normalized spacial score (nSPS) is 19.3. The van der Waals surface area contributed by atoms with E-state index in [1.165, 1.54) is 43.8 Å². The number of nitrogens with one attached hydrogen (secondary N) is 2. The number of benzene rings is 2. The predicted molar refractivity (Wildman–Crippen MR) is 182 cm³/mol. The minimum Gasteiger partial charge on any atom is -0.507 e. The first-order chi connectivity index (χ1) is 23.0. The van der Waals surface area contributed by atoms with Crippen LogP contribution < -0.4 is 24.8 Å². The number of aliphatic hydroxyl groups is 1. The van der Waals surface area contributed by atoms with Crippen molar-refractivity contribution < 1.29 is 38.4 Å². The summed E-state index contributed by atoms with van der Waals surface area (Å²) in [5.74, 6) is -2.82. The van der Waals surface area contributed by atoms with Crippen molar-refractivity contribution in [2.24, 2.45) is 5.92 Å². The Labute approximate surface area is 294 Å². The maximum Gasteiger partial charge on any atom is 0.231 e. The molecule has 3 atom stereocenters. The van der Waals surface area contributed by atoms with Gasteiger partial charge in [-0.15, -0.1) is 16.9 Å². The Hall–Kier alpha value is -3.79. The number of halogens is 2. The van der Waals surface area contributed by atoms with E-state index >= 15 is 0 Å². The zero-order valence-corrected chi connectivity index (χ0v) is 30.0. The van der Waals surface area contributed by atoms with E-state index < -0.39 is 34.8 Å². The highest BCUT2D eigenvalue weighted by molar-refractivity contribution is 9.10. The molecule has 0 saturated heterocycles. The molecule has 2 aromatic carbocycles. The fraction of sp³-hybridized carbons (Fsp3) is 0.406. The van der Waals surface area contributed by atoms with Crippen LogP contribution in [0.25, 0.3) is 0 Å². The number of rotatable bonds is 13. The molecular weight excluding hydrogens is 730 g/mol. The first-order valence-corrected chi connectivity index (χ1v) is 17.3. The van der Waals surface area contributed by atoms with Gasteiger partial charge in [0.05, 0.1) is 14.2 Å². The summed E-state index contributed by atoms with van der Waals surface area (Å²) in [6.07, 6.45) is 1.61. The van der Waals surface area contributed by atoms with Crippen LogP contribution in [-0.4, -0.2) is 83.6 Å². The minimum absolute atomic E-state index is 0.00977. The number of carbonyl (C=O) groups excluding carboxylic acids is 3. The third kappa shape index (κ3) is 6.48. The zero-order valence-electron chi connectivity index (χ0n) is 26.9. The van der Waals surface area contributed by atoms with Crippen LogP contribution >= 0.6 is 39.3 Å². The van der Waals surface area contributed by atoms with Crippen LogP contribution in [0.15, 0.2) is 51.3 Å². The van der Waals surface area contributed by atoms with Gasteiger partial charge in [-0.2, -0.15) is 4.98 Å². The number of anilines is 1. The molecule has 0 radical (unpaired) electrons. The van der Waals surface area contributed by atoms with Gasteiger partial charge in [-0.05, 0) is 39.9 Å². The molecule has 13 nitrogen and oxygen atoms in total. The van der Waals surface area contributed by atoms with Crippen LogP contribution in [-0.2, 0) is 21.1 Å². The van der Waals surface area contributed by atoms with Crippen molar-refractivity contribution in [1.29, 1.82) is 0 Å². The third-order valence-corrected chi connectivity index (χ3v) is 9.83. The number of hydrogen-bond donors (Lipinski definition) is 3. The van der Waals surface area contributed by atoms with Gasteiger partial charge >= 0.3 is 0 Å². The molecule has 0 saturated carbocycles. The smallest absolute Gasteiger partial charge is 0.231 e. The molecule has 0 bridgehead atoms. The summed E-state index contributed by atoms with van der Waals surface area (Å²) in [5, 5.41) is 22.2. The number of thioether (sulfide) groups is 1. The van der Waals surface area contributed by atoms with E-state index in [1.807, 2.05) is 18.4 Å². The van der Waals surface area contributed by atoms with Gasteiger partial charge in [0.1, 0.15) is 28.8 Å². The second kappa shape index (κ2) is 14.8. The number of ketones is 2. The van der Waals surface area contributed by atoms with Crippen LogP contribution in [0.2, 0.25) is 5.02 Å². The van der Waals surface area contributed by atoms with Crippen molar-refractivity contribution in [3.8, 4) is 17.2 Å². The van der Waals surface area contributed by atoms with E-state index in [2.05, 4.69) is 36.6 Å². The van der Waals surface area contributed by atoms with Crippen molar-refractivity contribution in [2.75, 3.05) is 46.0 Å². The molecule has 3 N–H and O–H groups in total. The number of Topliss-reactive ketones (excluding diaryl/α,β-unsaturated/α-hetero) is 2. The van der Waals surface area contributed by atoms with Crippen LogP contribution in [0.5, 0.6) is 17.2 Å². The molecule has 3 unspecified atom stereocenters. The standard InChI is InChI=1S/C32H35BrClN5O8S/c1-16-12-20(40)24(28(42)32(16)29(43)25-21(45-3)14-22(46-4)26(34)27(25)47-32)19(17-6-8-18(48-5)9-7-17)13-23(41)35-10-11-36-31-37-30(33)38-39(31)15-44-2/h6-9,14,16,19,42H,10-13,15H2,1-5H3,(H,35,41)(H,36,37,38). The lowest BCUT2D eigenvalue weighted by atomic mass is 9.69. The average Bonchev–Trinajstić information content (AvgIpc) is 3.59. The van der Waals surface area contributed by atoms with Gasteiger partial charge in [0.25, 0.3) is 0 Å². The Morgan fingerprint density at radius 1 is 1.21 bits per heavy atom. The largest absolute Gasteiger partial charge is 0.507 e. The van der Waals surface area contributed by atoms with Crippen molar-refractivity contribution in [3.05, 3.63) is 62.5 Å². The van der Waals surface area contributed by atoms with Gasteiger partial charge in [-0.3, -0.25) is 14.4 Å². The molecular formula is C32H35BrClN5O8S. The Bertz CT molecular complexity index is 1770. The topological polar surface area (TPSA) is 163 Å². The molecule has 2 heterocycles. The Morgan fingerprint density at radius 3 is 2.56 bits per heavy atom. The third-order valence-electron chi connectivity index (χ3n) is 8.40. The molecule has 0 fully saturated rings. The van der Waals surface area contributed by atoms with Gasteiger partial charge in [0.15, 0.2) is 17.3 Å². The number of nitrogens with zero attached hydrogens (tertiary/aromatic N) is 3. The number of aromatic nitrogens is 3. The maximum atomic E-state index is 14.3. The Kier molecular flexibility index (Phi) is 10.9. The monoisotopic (exact) mass is 763 g/mol. The van der Waals surface area contributed by atoms with Gasteiger partial charge in [0.2, 0.25) is 28.0 Å². The van der Waals surface area contributed by atoms with Crippen molar-refractivity contribution in [3.63, 3.8) is 0 Å². The second-order valence-electron chi connectivity index (χ2n) is 11.2. The molecule has 5 rings (SSSR count). The molecule has 48 heavy (non-hydrogen) atoms. The van der Waals surface area contributed by atoms with Gasteiger partial charge < -0.3 is 34.7 Å². The summed E-state index contributed by atoms with van der Waals surface area (Å²) < 4.78 is 24.2. The molecule has 256 valence electrons. The molecule has 16 heteroatoms. The fourth-order valence-corrected chi connectivity index (χ4v) is 7.08. The van der Waals surface area contributed by atoms with Crippen LogP contribution in [0.4, 0.5) is 5.95 Å². The highest BCUT2D eigenvalue weighted by Gasteiger charge is 2.61. The summed E-state index contributed by atoms with van der Waals surface area (Å²) in [6.45, 7) is 2.36. The molecule has 3 aromatic rings. The number of ether oxygens (including phenoxy) is 4. The maximum absolute atomic E-state index is 14.3. The number of fused-ring (bicyclic) bond motifs is 1. The van der Waals surface area contributed by atoms with Crippen LogP contribution in [0.1, 0.15) is 41.6 Å². The quantitative estimate of drug-likeness (QED) is 0.155. The van der Waals surface area contributed by atoms with E-state index in [9.17, 15) is 19.5 Å². The predicted octanol–water partition coefficient (Wildman–Crippen LogP) is 5.17. The molecule has 1 aromatic heterocycles. The Morgan fingerprint density at radius 2 is 1.92 bits per heavy atom. The van der Waals surface area contributed by atoms with Crippen LogP contribution in [0, 0.1) is 5.92 Å². The van der Waals surface area contributed by atoms with Gasteiger partial charge in [-0.25, -0.2) is 4.68 Å². The number of methoxy groups -OCH3 is 3. The van der Waals surface area contributed by atoms with Gasteiger partial charge in [0, 0.05) is 61.4 Å². The van der Waals surface area contributed by atoms with Crippen molar-refractivity contribution >= 4 is 62.7 Å². The van der Waals surface area contributed by atoms with Crippen molar-refractivity contribution in [1.82, 2.24) is 20.1 Å². The Balaban J connectivity index is 1.48. The summed E-state index contributed by atoms with van der Waals surface area (Å²) in [6, 6.07) is 8.83. The molecule has 1 amide bonds. The highest BCUT2D eigenvalue weighted by Crippen LogP contribution is 2.55. The van der Waals surface area contributed by atoms with Gasteiger partial charge in [-0.1, -0.05) is 30.7 Å². The molecule has 2 aliphatic rings. The van der Waals surface area contributed by atoms with E-state index in [1.54, 1.807) is 19.1 Å². The molecule has 1 spiro atoms. The van der Waals surface area contributed by atoms with E-state index in [-0.39, 0.29) is 65.4 Å². The summed E-state index contributed by atoms with van der Waals surface area (Å²) in [4.78, 5) is 46.8. The first-order valence-electron chi connectivity index (χ1n) is 14.9. The summed E-state index contributed by atoms with van der Waals surface area (Å²) in [5.41, 5.74) is -1.40. The number of amides is 1. The minimum atomic E-state index is -1.97. The lowest BCUT2D eigenvalue weighted by Gasteiger charge is -2.38. The highest BCUT2D eigenvalue weighted by atomic mass is 79.9. The summed E-state index contributed by atoms with van der Waals surface area (Å²) in [7, 11) is 4.34. The van der Waals surface area contributed by atoms with Crippen molar-refractivity contribution in [2.45, 2.75) is 42.9 Å².